The van der Waals surface area contributed by atoms with Gasteiger partial charge >= 0.3 is 0 Å². The Labute approximate surface area is 239 Å². The first-order valence-electron chi connectivity index (χ1n) is 14.6. The number of aliphatic hydroxyl groups is 1. The average molecular weight is 549 g/mol. The van der Waals surface area contributed by atoms with E-state index in [2.05, 4.69) is 19.9 Å². The SMILES string of the molecule is CCC(CC)(c1ccc(C(=O)C(C)C2(O)CCCCC2)c(C)c1)c1ccc(C(=O)N(C)C(C)(C)C(=O)[O-])c(C)c1. The van der Waals surface area contributed by atoms with Crippen LogP contribution in [-0.4, -0.2) is 45.9 Å². The summed E-state index contributed by atoms with van der Waals surface area (Å²) in [5.74, 6) is -2.14. The van der Waals surface area contributed by atoms with Crippen molar-refractivity contribution in [2.24, 2.45) is 5.92 Å². The van der Waals surface area contributed by atoms with Crippen molar-refractivity contribution in [1.82, 2.24) is 4.90 Å². The third kappa shape index (κ3) is 5.60. The normalized spacial score (nSPS) is 16.3. The molecule has 1 aliphatic carbocycles. The molecule has 0 saturated heterocycles. The molecule has 0 radical (unpaired) electrons. The van der Waals surface area contributed by atoms with Gasteiger partial charge in [-0.1, -0.05) is 70.4 Å². The van der Waals surface area contributed by atoms with Crippen molar-refractivity contribution in [1.29, 1.82) is 0 Å². The first-order chi connectivity index (χ1) is 18.7. The Morgan fingerprint density at radius 1 is 0.925 bits per heavy atom. The third-order valence-corrected chi connectivity index (χ3v) is 9.82. The number of carboxylic acids is 1. The molecule has 2 aromatic carbocycles. The fraction of sp³-hybridized carbons (Fsp3) is 0.559. The molecule has 0 aromatic heterocycles. The van der Waals surface area contributed by atoms with Gasteiger partial charge in [-0.25, -0.2) is 0 Å². The lowest BCUT2D eigenvalue weighted by Gasteiger charge is -2.37. The highest BCUT2D eigenvalue weighted by molar-refractivity contribution is 6.00. The van der Waals surface area contributed by atoms with Crippen LogP contribution in [0, 0.1) is 19.8 Å². The summed E-state index contributed by atoms with van der Waals surface area (Å²) in [5, 5.41) is 22.8. The summed E-state index contributed by atoms with van der Waals surface area (Å²) < 4.78 is 0. The molecule has 1 fully saturated rings. The van der Waals surface area contributed by atoms with Crippen LogP contribution in [0.5, 0.6) is 0 Å². The topological polar surface area (TPSA) is 97.7 Å². The van der Waals surface area contributed by atoms with E-state index in [4.69, 9.17) is 0 Å². The van der Waals surface area contributed by atoms with Crippen molar-refractivity contribution in [3.63, 3.8) is 0 Å². The van der Waals surface area contributed by atoms with Gasteiger partial charge in [-0.2, -0.15) is 0 Å². The van der Waals surface area contributed by atoms with Gasteiger partial charge in [0, 0.05) is 29.5 Å². The molecule has 6 heteroatoms. The molecule has 0 spiro atoms. The van der Waals surface area contributed by atoms with Crippen molar-refractivity contribution in [3.8, 4) is 0 Å². The fourth-order valence-corrected chi connectivity index (χ4v) is 6.32. The predicted molar refractivity (Wildman–Crippen MR) is 156 cm³/mol. The van der Waals surface area contributed by atoms with E-state index in [9.17, 15) is 24.6 Å². The van der Waals surface area contributed by atoms with E-state index >= 15 is 0 Å². The van der Waals surface area contributed by atoms with Crippen LogP contribution in [0.15, 0.2) is 36.4 Å². The summed E-state index contributed by atoms with van der Waals surface area (Å²) in [7, 11) is 1.48. The van der Waals surface area contributed by atoms with Crippen LogP contribution in [0.25, 0.3) is 0 Å². The maximum Gasteiger partial charge on any atom is 0.254 e. The van der Waals surface area contributed by atoms with Crippen molar-refractivity contribution in [2.75, 3.05) is 7.05 Å². The smallest absolute Gasteiger partial charge is 0.254 e. The highest BCUT2D eigenvalue weighted by Crippen LogP contribution is 2.41. The first-order valence-corrected chi connectivity index (χ1v) is 14.6. The number of rotatable bonds is 10. The van der Waals surface area contributed by atoms with E-state index in [1.807, 2.05) is 45.0 Å². The number of hydrogen-bond donors (Lipinski definition) is 1. The minimum Gasteiger partial charge on any atom is -0.548 e. The zero-order valence-corrected chi connectivity index (χ0v) is 25.5. The summed E-state index contributed by atoms with van der Waals surface area (Å²) in [6.45, 7) is 12.9. The van der Waals surface area contributed by atoms with E-state index in [1.54, 1.807) is 6.07 Å². The maximum absolute atomic E-state index is 13.5. The zero-order valence-electron chi connectivity index (χ0n) is 25.5. The Bertz CT molecular complexity index is 1270. The lowest BCUT2D eigenvalue weighted by Crippen LogP contribution is -2.56. The van der Waals surface area contributed by atoms with Crippen LogP contribution in [0.1, 0.15) is 123 Å². The third-order valence-electron chi connectivity index (χ3n) is 9.82. The number of carboxylic acid groups (broad SMARTS) is 1. The Morgan fingerprint density at radius 2 is 1.40 bits per heavy atom. The molecule has 0 aliphatic heterocycles. The van der Waals surface area contributed by atoms with Gasteiger partial charge in [0.25, 0.3) is 5.91 Å². The van der Waals surface area contributed by atoms with Gasteiger partial charge < -0.3 is 19.9 Å². The van der Waals surface area contributed by atoms with Gasteiger partial charge in [-0.15, -0.1) is 0 Å². The standard InChI is InChI=1S/C34H47NO5/c1-9-33(10-2,26-15-17-28(23(4)21-26)30(37)35(8)32(6,7)31(38)39)25-14-16-27(22(3)20-25)29(36)24(5)34(40)18-12-11-13-19-34/h14-17,20-21,24,40H,9-13,18-19H2,1-8H3,(H,38,39)/p-1. The van der Waals surface area contributed by atoms with Gasteiger partial charge in [0.15, 0.2) is 5.78 Å². The molecule has 1 atom stereocenters. The van der Waals surface area contributed by atoms with E-state index in [1.165, 1.54) is 25.8 Å². The summed E-state index contributed by atoms with van der Waals surface area (Å²) >= 11 is 0. The number of aryl methyl sites for hydroxylation is 2. The number of hydrogen-bond acceptors (Lipinski definition) is 5. The number of benzene rings is 2. The number of Topliss-reactive ketones (excluding diaryl/α,β-unsaturated/α-hetero) is 1. The maximum atomic E-state index is 13.5. The number of amides is 1. The zero-order chi connectivity index (χ0) is 30.0. The largest absolute Gasteiger partial charge is 0.548 e. The van der Waals surface area contributed by atoms with Gasteiger partial charge in [0.1, 0.15) is 0 Å². The first kappa shape index (κ1) is 31.5. The fourth-order valence-electron chi connectivity index (χ4n) is 6.32. The van der Waals surface area contributed by atoms with Crippen LogP contribution >= 0.6 is 0 Å². The number of carbonyl (C=O) groups is 3. The molecular weight excluding hydrogens is 502 g/mol. The average Bonchev–Trinajstić information content (AvgIpc) is 2.93. The van der Waals surface area contributed by atoms with Crippen LogP contribution in [0.3, 0.4) is 0 Å². The Balaban J connectivity index is 1.97. The van der Waals surface area contributed by atoms with E-state index in [0.29, 0.717) is 24.0 Å². The Morgan fingerprint density at radius 3 is 1.82 bits per heavy atom. The second kappa shape index (κ2) is 11.9. The van der Waals surface area contributed by atoms with Gasteiger partial charge in [0.05, 0.1) is 17.1 Å². The monoisotopic (exact) mass is 548 g/mol. The number of likely N-dealkylation sites (N-methyl/N-ethyl adjacent to an activating group) is 1. The summed E-state index contributed by atoms with van der Waals surface area (Å²) in [6, 6.07) is 11.8. The molecule has 6 nitrogen and oxygen atoms in total. The lowest BCUT2D eigenvalue weighted by atomic mass is 9.69. The highest BCUT2D eigenvalue weighted by atomic mass is 16.4. The second-order valence-corrected chi connectivity index (χ2v) is 12.3. The molecule has 0 heterocycles. The predicted octanol–water partition coefficient (Wildman–Crippen LogP) is 5.52. The van der Waals surface area contributed by atoms with Crippen molar-refractivity contribution < 1.29 is 24.6 Å². The van der Waals surface area contributed by atoms with Crippen molar-refractivity contribution >= 4 is 17.7 Å². The van der Waals surface area contributed by atoms with Crippen LogP contribution in [0.4, 0.5) is 0 Å². The molecule has 3 rings (SSSR count). The molecule has 0 bridgehead atoms. The second-order valence-electron chi connectivity index (χ2n) is 12.3. The Hall–Kier alpha value is -2.99. The number of ketones is 1. The van der Waals surface area contributed by atoms with E-state index < -0.39 is 23.0 Å². The quantitative estimate of drug-likeness (QED) is 0.394. The molecule has 218 valence electrons. The minimum absolute atomic E-state index is 0.00522. The molecule has 1 N–H and O–H groups in total. The van der Waals surface area contributed by atoms with Gasteiger partial charge in [-0.3, -0.25) is 9.59 Å². The molecule has 1 saturated carbocycles. The van der Waals surface area contributed by atoms with Crippen molar-refractivity contribution in [2.45, 2.75) is 110 Å². The summed E-state index contributed by atoms with van der Waals surface area (Å²) in [6.07, 6.45) is 5.99. The number of aliphatic carboxylic acids is 1. The number of carbonyl (C=O) groups excluding carboxylic acids is 3. The summed E-state index contributed by atoms with van der Waals surface area (Å²) in [5.41, 5.74) is 2.24. The molecule has 1 amide bonds. The minimum atomic E-state index is -1.44. The van der Waals surface area contributed by atoms with E-state index in [0.717, 1.165) is 54.4 Å². The van der Waals surface area contributed by atoms with Gasteiger partial charge in [0.2, 0.25) is 0 Å². The molecule has 2 aromatic rings. The molecular formula is C34H46NO5-. The lowest BCUT2D eigenvalue weighted by molar-refractivity contribution is -0.316. The molecule has 1 aliphatic rings. The van der Waals surface area contributed by atoms with Crippen LogP contribution in [0.2, 0.25) is 0 Å². The Kier molecular flexibility index (Phi) is 9.35. The van der Waals surface area contributed by atoms with Gasteiger partial charge in [-0.05, 0) is 81.7 Å². The van der Waals surface area contributed by atoms with E-state index in [-0.39, 0.29) is 17.1 Å². The molecule has 40 heavy (non-hydrogen) atoms. The number of nitrogens with zero attached hydrogens (tertiary/aromatic N) is 1. The molecule has 1 unspecified atom stereocenters. The van der Waals surface area contributed by atoms with Crippen LogP contribution in [-0.2, 0) is 10.2 Å². The van der Waals surface area contributed by atoms with Crippen molar-refractivity contribution in [3.05, 3.63) is 69.8 Å². The van der Waals surface area contributed by atoms with Crippen LogP contribution < -0.4 is 5.11 Å². The highest BCUT2D eigenvalue weighted by Gasteiger charge is 2.40. The summed E-state index contributed by atoms with van der Waals surface area (Å²) in [4.78, 5) is 39.5.